The number of pyridine rings is 1. The minimum atomic E-state index is -0.203. The number of hydrogen-bond donors (Lipinski definition) is 2. The second-order valence-electron chi connectivity index (χ2n) is 3.39. The highest BCUT2D eigenvalue weighted by molar-refractivity contribution is 9.11. The lowest BCUT2D eigenvalue weighted by Crippen LogP contribution is -2.24. The van der Waals surface area contributed by atoms with E-state index >= 15 is 0 Å². The number of halogens is 1. The second kappa shape index (κ2) is 4.85. The molecule has 2 heterocycles. The van der Waals surface area contributed by atoms with E-state index in [2.05, 4.69) is 32.8 Å². The zero-order valence-electron chi connectivity index (χ0n) is 8.87. The molecular weight excluding hydrogens is 302 g/mol. The van der Waals surface area contributed by atoms with Crippen LogP contribution in [0.1, 0.15) is 9.67 Å². The van der Waals surface area contributed by atoms with Gasteiger partial charge >= 0.3 is 0 Å². The summed E-state index contributed by atoms with van der Waals surface area (Å²) >= 11 is 4.52. The number of anilines is 1. The summed E-state index contributed by atoms with van der Waals surface area (Å²) in [6, 6.07) is 3.71. The number of nitrogen functional groups attached to an aromatic ring is 1. The molecule has 0 saturated heterocycles. The van der Waals surface area contributed by atoms with E-state index in [1.54, 1.807) is 6.20 Å². The van der Waals surface area contributed by atoms with Gasteiger partial charge in [0.05, 0.1) is 10.4 Å². The number of nitrogens with two attached hydrogens (primary N) is 1. The molecule has 0 saturated carbocycles. The molecule has 2 aromatic rings. The molecule has 0 aliphatic heterocycles. The Bertz CT molecular complexity index is 593. The molecule has 4 nitrogen and oxygen atoms in total. The summed E-state index contributed by atoms with van der Waals surface area (Å²) in [4.78, 5) is 16.5. The number of aromatic nitrogens is 1. The Morgan fingerprint density at radius 3 is 3.06 bits per heavy atom. The molecule has 6 heteroatoms. The Hall–Kier alpha value is -1.40. The predicted molar refractivity (Wildman–Crippen MR) is 74.4 cm³/mol. The molecule has 0 aromatic carbocycles. The van der Waals surface area contributed by atoms with E-state index in [9.17, 15) is 4.79 Å². The first kappa shape index (κ1) is 12.1. The van der Waals surface area contributed by atoms with E-state index in [1.165, 1.54) is 11.3 Å². The number of hydrogen-bond acceptors (Lipinski definition) is 4. The van der Waals surface area contributed by atoms with Gasteiger partial charge in [-0.25, -0.2) is 0 Å². The molecule has 0 bridgehead atoms. The van der Waals surface area contributed by atoms with Crippen molar-refractivity contribution in [3.63, 3.8) is 0 Å². The highest BCUT2D eigenvalue weighted by Gasteiger charge is 2.16. The second-order valence-corrected chi connectivity index (χ2v) is 5.57. The normalized spacial score (nSPS) is 10.4. The molecule has 2 aromatic heterocycles. The van der Waals surface area contributed by atoms with E-state index < -0.39 is 0 Å². The third kappa shape index (κ3) is 2.48. The Kier molecular flexibility index (Phi) is 3.44. The molecule has 0 radical (unpaired) electrons. The van der Waals surface area contributed by atoms with Crippen molar-refractivity contribution in [2.45, 2.75) is 0 Å². The van der Waals surface area contributed by atoms with Crippen LogP contribution >= 0.6 is 27.3 Å². The van der Waals surface area contributed by atoms with Crippen LogP contribution < -0.4 is 11.1 Å². The highest BCUT2D eigenvalue weighted by atomic mass is 79.9. The van der Waals surface area contributed by atoms with E-state index in [4.69, 9.17) is 5.73 Å². The monoisotopic (exact) mass is 311 g/mol. The number of rotatable bonds is 3. The van der Waals surface area contributed by atoms with Crippen molar-refractivity contribution in [3.8, 4) is 0 Å². The van der Waals surface area contributed by atoms with Gasteiger partial charge in [0.25, 0.3) is 5.91 Å². The lowest BCUT2D eigenvalue weighted by atomic mass is 10.3. The van der Waals surface area contributed by atoms with Crippen LogP contribution in [-0.2, 0) is 0 Å². The summed E-state index contributed by atoms with van der Waals surface area (Å²) in [6.45, 7) is 4.02. The third-order valence-electron chi connectivity index (χ3n) is 2.13. The predicted octanol–water partition coefficient (Wildman–Crippen LogP) is 2.52. The molecule has 0 aliphatic rings. The topological polar surface area (TPSA) is 68.0 Å². The summed E-state index contributed by atoms with van der Waals surface area (Å²) in [5, 5.41) is 2.72. The van der Waals surface area contributed by atoms with Gasteiger partial charge in [0.2, 0.25) is 0 Å². The Labute approximate surface area is 111 Å². The van der Waals surface area contributed by atoms with Crippen LogP contribution in [0, 0.1) is 0 Å². The van der Waals surface area contributed by atoms with Crippen molar-refractivity contribution in [1.29, 1.82) is 0 Å². The molecule has 0 aliphatic carbocycles. The maximum absolute atomic E-state index is 11.9. The fraction of sp³-hybridized carbons (Fsp3) is 0.0909. The van der Waals surface area contributed by atoms with Gasteiger partial charge in [0, 0.05) is 17.2 Å². The fourth-order valence-corrected chi connectivity index (χ4v) is 2.51. The molecule has 0 unspecified atom stereocenters. The largest absolute Gasteiger partial charge is 0.396 e. The van der Waals surface area contributed by atoms with Crippen molar-refractivity contribution in [3.05, 3.63) is 34.3 Å². The molecule has 0 spiro atoms. The van der Waals surface area contributed by atoms with E-state index in [0.717, 1.165) is 4.70 Å². The molecule has 2 rings (SSSR count). The molecule has 0 fully saturated rings. The van der Waals surface area contributed by atoms with E-state index in [-0.39, 0.29) is 5.91 Å². The molecule has 0 atom stereocenters. The zero-order chi connectivity index (χ0) is 12.4. The van der Waals surface area contributed by atoms with Crippen LogP contribution in [0.25, 0.3) is 10.2 Å². The van der Waals surface area contributed by atoms with Gasteiger partial charge in [0.15, 0.2) is 0 Å². The number of amides is 1. The quantitative estimate of drug-likeness (QED) is 0.915. The molecule has 1 amide bonds. The lowest BCUT2D eigenvalue weighted by Gasteiger charge is -2.02. The Balaban J connectivity index is 2.32. The van der Waals surface area contributed by atoms with Crippen LogP contribution in [0.2, 0.25) is 0 Å². The molecule has 88 valence electrons. The smallest absolute Gasteiger partial charge is 0.263 e. The molecular formula is C11H10BrN3OS. The summed E-state index contributed by atoms with van der Waals surface area (Å²) in [5.41, 5.74) is 7.01. The lowest BCUT2D eigenvalue weighted by molar-refractivity contribution is 0.0962. The maximum atomic E-state index is 11.9. The average Bonchev–Trinajstić information content (AvgIpc) is 2.64. The van der Waals surface area contributed by atoms with Crippen molar-refractivity contribution in [2.24, 2.45) is 0 Å². The van der Waals surface area contributed by atoms with Crippen molar-refractivity contribution in [1.82, 2.24) is 10.3 Å². The maximum Gasteiger partial charge on any atom is 0.263 e. The van der Waals surface area contributed by atoms with Crippen LogP contribution in [-0.4, -0.2) is 17.4 Å². The SMILES string of the molecule is C=C(Br)CNC(=O)c1sc2cccnc2c1N. The van der Waals surface area contributed by atoms with Gasteiger partial charge in [-0.05, 0) is 12.1 Å². The molecule has 17 heavy (non-hydrogen) atoms. The van der Waals surface area contributed by atoms with Gasteiger partial charge in [-0.2, -0.15) is 0 Å². The third-order valence-corrected chi connectivity index (χ3v) is 3.57. The highest BCUT2D eigenvalue weighted by Crippen LogP contribution is 2.31. The minimum Gasteiger partial charge on any atom is -0.396 e. The first-order chi connectivity index (χ1) is 8.09. The standard InChI is InChI=1S/C11H10BrN3OS/c1-6(12)5-15-11(16)10-8(13)9-7(17-10)3-2-4-14-9/h2-4H,1,5,13H2,(H,15,16). The van der Waals surface area contributed by atoms with Gasteiger partial charge in [-0.1, -0.05) is 22.5 Å². The number of thiophene rings is 1. The Morgan fingerprint density at radius 1 is 1.65 bits per heavy atom. The number of carbonyl (C=O) groups is 1. The number of carbonyl (C=O) groups excluding carboxylic acids is 1. The van der Waals surface area contributed by atoms with Gasteiger partial charge in [-0.3, -0.25) is 9.78 Å². The van der Waals surface area contributed by atoms with Crippen molar-refractivity contribution in [2.75, 3.05) is 12.3 Å². The average molecular weight is 312 g/mol. The summed E-state index contributed by atoms with van der Waals surface area (Å²) in [7, 11) is 0. The minimum absolute atomic E-state index is 0.203. The van der Waals surface area contributed by atoms with Crippen LogP contribution in [0.5, 0.6) is 0 Å². The van der Waals surface area contributed by atoms with Crippen molar-refractivity contribution >= 4 is 49.1 Å². The fourth-order valence-electron chi connectivity index (χ4n) is 1.37. The van der Waals surface area contributed by atoms with E-state index in [1.807, 2.05) is 12.1 Å². The Morgan fingerprint density at radius 2 is 2.41 bits per heavy atom. The first-order valence-electron chi connectivity index (χ1n) is 4.84. The van der Waals surface area contributed by atoms with Crippen molar-refractivity contribution < 1.29 is 4.79 Å². The number of nitrogens with one attached hydrogen (secondary N) is 1. The van der Waals surface area contributed by atoms with Gasteiger partial charge < -0.3 is 11.1 Å². The van der Waals surface area contributed by atoms with E-state index in [0.29, 0.717) is 27.1 Å². The first-order valence-corrected chi connectivity index (χ1v) is 6.45. The summed E-state index contributed by atoms with van der Waals surface area (Å²) in [5.74, 6) is -0.203. The van der Waals surface area contributed by atoms with Gasteiger partial charge in [-0.15, -0.1) is 11.3 Å². The summed E-state index contributed by atoms with van der Waals surface area (Å²) < 4.78 is 1.62. The van der Waals surface area contributed by atoms with Crippen LogP contribution in [0.3, 0.4) is 0 Å². The number of nitrogens with zero attached hydrogens (tertiary/aromatic N) is 1. The molecule has 3 N–H and O–H groups in total. The van der Waals surface area contributed by atoms with Crippen LogP contribution in [0.4, 0.5) is 5.69 Å². The number of fused-ring (bicyclic) bond motifs is 1. The van der Waals surface area contributed by atoms with Gasteiger partial charge in [0.1, 0.15) is 10.4 Å². The zero-order valence-corrected chi connectivity index (χ0v) is 11.3. The summed E-state index contributed by atoms with van der Waals surface area (Å²) in [6.07, 6.45) is 1.66. The van der Waals surface area contributed by atoms with Crippen LogP contribution in [0.15, 0.2) is 29.4 Å².